The molecule has 1 aromatic carbocycles. The Morgan fingerprint density at radius 2 is 1.64 bits per heavy atom. The minimum Gasteiger partial charge on any atom is -0.493 e. The van der Waals surface area contributed by atoms with Gasteiger partial charge in [0.15, 0.2) is 11.5 Å². The first-order valence-electron chi connectivity index (χ1n) is 7.89. The van der Waals surface area contributed by atoms with Gasteiger partial charge >= 0.3 is 0 Å². The first-order chi connectivity index (χ1) is 10.7. The van der Waals surface area contributed by atoms with Gasteiger partial charge in [-0.2, -0.15) is 0 Å². The van der Waals surface area contributed by atoms with Crippen molar-refractivity contribution in [3.05, 3.63) is 17.7 Å². The van der Waals surface area contributed by atoms with Gasteiger partial charge in [0.1, 0.15) is 0 Å². The summed E-state index contributed by atoms with van der Waals surface area (Å²) in [5, 5.41) is 10.5. The van der Waals surface area contributed by atoms with Crippen molar-refractivity contribution < 1.29 is 19.3 Å². The average molecular weight is 307 g/mol. The van der Waals surface area contributed by atoms with Crippen molar-refractivity contribution in [2.75, 3.05) is 34.4 Å². The maximum Gasteiger partial charge on any atom is 0.203 e. The molecule has 3 heterocycles. The normalized spacial score (nSPS) is 30.2. The quantitative estimate of drug-likeness (QED) is 0.897. The van der Waals surface area contributed by atoms with Gasteiger partial charge in [0, 0.05) is 6.04 Å². The number of aliphatic hydroxyl groups is 1. The monoisotopic (exact) mass is 307 g/mol. The van der Waals surface area contributed by atoms with Crippen LogP contribution in [0.5, 0.6) is 17.2 Å². The fourth-order valence-corrected chi connectivity index (χ4v) is 3.87. The van der Waals surface area contributed by atoms with Gasteiger partial charge in [0.05, 0.1) is 27.4 Å². The van der Waals surface area contributed by atoms with Crippen molar-refractivity contribution in [3.63, 3.8) is 0 Å². The third-order valence-corrected chi connectivity index (χ3v) is 5.09. The van der Waals surface area contributed by atoms with E-state index in [2.05, 4.69) is 4.90 Å². The van der Waals surface area contributed by atoms with Crippen LogP contribution in [0.1, 0.15) is 18.4 Å². The SMILES string of the molecule is COc1cc(C[C@H]2[C@H](O)C3CCN2CC3)cc(OC)c1OC. The predicted octanol–water partition coefficient (Wildman–Crippen LogP) is 1.71. The van der Waals surface area contributed by atoms with Gasteiger partial charge in [0.25, 0.3) is 0 Å². The summed E-state index contributed by atoms with van der Waals surface area (Å²) in [6.45, 7) is 2.19. The maximum atomic E-state index is 10.5. The third-order valence-electron chi connectivity index (χ3n) is 5.09. The van der Waals surface area contributed by atoms with Gasteiger partial charge in [-0.15, -0.1) is 0 Å². The Morgan fingerprint density at radius 1 is 1.05 bits per heavy atom. The minimum absolute atomic E-state index is 0.190. The Hall–Kier alpha value is -1.46. The molecule has 22 heavy (non-hydrogen) atoms. The number of aliphatic hydroxyl groups excluding tert-OH is 1. The number of piperidine rings is 3. The van der Waals surface area contributed by atoms with E-state index >= 15 is 0 Å². The number of methoxy groups -OCH3 is 3. The van der Waals surface area contributed by atoms with E-state index in [1.165, 1.54) is 0 Å². The van der Waals surface area contributed by atoms with E-state index in [9.17, 15) is 5.11 Å². The van der Waals surface area contributed by atoms with E-state index in [1.54, 1.807) is 21.3 Å². The van der Waals surface area contributed by atoms with Crippen LogP contribution in [0, 0.1) is 5.92 Å². The second-order valence-electron chi connectivity index (χ2n) is 6.17. The summed E-state index contributed by atoms with van der Waals surface area (Å²) in [5.74, 6) is 2.40. The molecule has 4 rings (SSSR count). The predicted molar refractivity (Wildman–Crippen MR) is 83.9 cm³/mol. The van der Waals surface area contributed by atoms with Crippen molar-refractivity contribution in [3.8, 4) is 17.2 Å². The van der Waals surface area contributed by atoms with E-state index in [4.69, 9.17) is 14.2 Å². The van der Waals surface area contributed by atoms with Gasteiger partial charge in [-0.1, -0.05) is 0 Å². The summed E-state index contributed by atoms with van der Waals surface area (Å²) < 4.78 is 16.2. The van der Waals surface area contributed by atoms with Crippen molar-refractivity contribution in [1.82, 2.24) is 4.90 Å². The topological polar surface area (TPSA) is 51.2 Å². The number of ether oxygens (including phenoxy) is 3. The fraction of sp³-hybridized carbons (Fsp3) is 0.647. The maximum absolute atomic E-state index is 10.5. The van der Waals surface area contributed by atoms with Crippen LogP contribution in [0.3, 0.4) is 0 Å². The molecule has 0 aliphatic carbocycles. The summed E-state index contributed by atoms with van der Waals surface area (Å²) in [4.78, 5) is 2.41. The second kappa shape index (κ2) is 6.34. The molecule has 0 saturated carbocycles. The first-order valence-corrected chi connectivity index (χ1v) is 7.89. The zero-order chi connectivity index (χ0) is 15.7. The van der Waals surface area contributed by atoms with Crippen LogP contribution in [-0.4, -0.2) is 56.6 Å². The highest BCUT2D eigenvalue weighted by Crippen LogP contribution is 2.40. The lowest BCUT2D eigenvalue weighted by atomic mass is 9.78. The van der Waals surface area contributed by atoms with Crippen molar-refractivity contribution in [2.24, 2.45) is 5.92 Å². The molecule has 0 unspecified atom stereocenters. The van der Waals surface area contributed by atoms with E-state index in [0.29, 0.717) is 23.2 Å². The van der Waals surface area contributed by atoms with Crippen molar-refractivity contribution in [1.29, 1.82) is 0 Å². The van der Waals surface area contributed by atoms with Crippen LogP contribution in [0.4, 0.5) is 0 Å². The van der Waals surface area contributed by atoms with Gasteiger partial charge in [-0.05, 0) is 56.0 Å². The number of hydrogen-bond donors (Lipinski definition) is 1. The van der Waals surface area contributed by atoms with Crippen LogP contribution in [-0.2, 0) is 6.42 Å². The number of nitrogens with zero attached hydrogens (tertiary/aromatic N) is 1. The van der Waals surface area contributed by atoms with Gasteiger partial charge in [-0.3, -0.25) is 4.90 Å². The Labute approximate surface area is 131 Å². The highest BCUT2D eigenvalue weighted by Gasteiger charge is 2.41. The van der Waals surface area contributed by atoms with E-state index in [0.717, 1.165) is 37.9 Å². The lowest BCUT2D eigenvalue weighted by Crippen LogP contribution is -2.58. The second-order valence-corrected chi connectivity index (χ2v) is 6.17. The molecule has 2 atom stereocenters. The van der Waals surface area contributed by atoms with Crippen molar-refractivity contribution >= 4 is 0 Å². The van der Waals surface area contributed by atoms with Crippen LogP contribution in [0.2, 0.25) is 0 Å². The van der Waals surface area contributed by atoms with Crippen LogP contribution < -0.4 is 14.2 Å². The molecule has 3 aliphatic heterocycles. The molecule has 5 nitrogen and oxygen atoms in total. The summed E-state index contributed by atoms with van der Waals surface area (Å²) >= 11 is 0. The molecule has 0 amide bonds. The number of fused-ring (bicyclic) bond motifs is 3. The summed E-state index contributed by atoms with van der Waals surface area (Å²) in [7, 11) is 4.86. The molecule has 0 aromatic heterocycles. The van der Waals surface area contributed by atoms with Crippen LogP contribution in [0.25, 0.3) is 0 Å². The number of rotatable bonds is 5. The van der Waals surface area contributed by atoms with Crippen molar-refractivity contribution in [2.45, 2.75) is 31.4 Å². The summed E-state index contributed by atoms with van der Waals surface area (Å²) in [5.41, 5.74) is 1.10. The zero-order valence-electron chi connectivity index (χ0n) is 13.5. The van der Waals surface area contributed by atoms with Crippen LogP contribution in [0.15, 0.2) is 12.1 Å². The zero-order valence-corrected chi connectivity index (χ0v) is 13.5. The standard InChI is InChI=1S/C17H25NO4/c1-20-14-9-11(10-15(21-2)17(14)22-3)8-13-16(19)12-4-6-18(13)7-5-12/h9-10,12-13,16,19H,4-8H2,1-3H3/t13-,16+/m0/s1. The average Bonchev–Trinajstić information content (AvgIpc) is 2.57. The highest BCUT2D eigenvalue weighted by molar-refractivity contribution is 5.54. The van der Waals surface area contributed by atoms with Crippen LogP contribution >= 0.6 is 0 Å². The van der Waals surface area contributed by atoms with Gasteiger partial charge < -0.3 is 19.3 Å². The first kappa shape index (κ1) is 15.4. The molecule has 0 radical (unpaired) electrons. The fourth-order valence-electron chi connectivity index (χ4n) is 3.87. The van der Waals surface area contributed by atoms with E-state index in [-0.39, 0.29) is 12.1 Å². The molecular formula is C17H25NO4. The van der Waals surface area contributed by atoms with E-state index in [1.807, 2.05) is 12.1 Å². The molecule has 2 bridgehead atoms. The highest BCUT2D eigenvalue weighted by atomic mass is 16.5. The number of benzene rings is 1. The van der Waals surface area contributed by atoms with Gasteiger partial charge in [0.2, 0.25) is 5.75 Å². The molecule has 5 heteroatoms. The molecule has 0 spiro atoms. The molecule has 3 aliphatic rings. The molecule has 3 saturated heterocycles. The lowest BCUT2D eigenvalue weighted by molar-refractivity contribution is -0.0715. The lowest BCUT2D eigenvalue weighted by Gasteiger charge is -2.49. The smallest absolute Gasteiger partial charge is 0.203 e. The molecule has 3 fully saturated rings. The Bertz CT molecular complexity index is 498. The van der Waals surface area contributed by atoms with Gasteiger partial charge in [-0.25, -0.2) is 0 Å². The Kier molecular flexibility index (Phi) is 4.45. The molecule has 1 N–H and O–H groups in total. The third kappa shape index (κ3) is 2.63. The molecular weight excluding hydrogens is 282 g/mol. The molecule has 1 aromatic rings. The summed E-state index contributed by atoms with van der Waals surface area (Å²) in [6.07, 6.45) is 2.80. The Balaban J connectivity index is 1.86. The largest absolute Gasteiger partial charge is 0.493 e. The Morgan fingerprint density at radius 3 is 2.09 bits per heavy atom. The minimum atomic E-state index is -0.235. The number of hydrogen-bond acceptors (Lipinski definition) is 5. The summed E-state index contributed by atoms with van der Waals surface area (Å²) in [6, 6.07) is 4.16. The van der Waals surface area contributed by atoms with E-state index < -0.39 is 0 Å². The molecule has 122 valence electrons.